The molecule has 0 spiro atoms. The summed E-state index contributed by atoms with van der Waals surface area (Å²) in [6.07, 6.45) is 4.01. The Kier molecular flexibility index (Phi) is 4.61. The number of nitrogens with two attached hydrogens (primary N) is 1. The van der Waals surface area contributed by atoms with E-state index in [0.717, 1.165) is 43.8 Å². The van der Waals surface area contributed by atoms with Crippen LogP contribution in [-0.4, -0.2) is 19.8 Å². The lowest BCUT2D eigenvalue weighted by atomic mass is 9.83. The van der Waals surface area contributed by atoms with Gasteiger partial charge in [-0.15, -0.1) is 0 Å². The molecule has 3 heteroatoms. The topological polar surface area (TPSA) is 44.5 Å². The van der Waals surface area contributed by atoms with Crippen LogP contribution in [0.2, 0.25) is 0 Å². The predicted octanol–water partition coefficient (Wildman–Crippen LogP) is 2.83. The summed E-state index contributed by atoms with van der Waals surface area (Å²) in [4.78, 5) is 0. The summed E-state index contributed by atoms with van der Waals surface area (Å²) in [7, 11) is 0. The molecule has 0 bridgehead atoms. The Morgan fingerprint density at radius 3 is 3.00 bits per heavy atom. The van der Waals surface area contributed by atoms with Crippen LogP contribution in [0.1, 0.15) is 38.2 Å². The lowest BCUT2D eigenvalue weighted by Crippen LogP contribution is -2.42. The third kappa shape index (κ3) is 3.03. The average Bonchev–Trinajstić information content (AvgIpc) is 2.39. The number of para-hydroxylation sites is 1. The van der Waals surface area contributed by atoms with Crippen molar-refractivity contribution in [3.8, 4) is 5.75 Å². The van der Waals surface area contributed by atoms with Crippen molar-refractivity contribution < 1.29 is 9.47 Å². The largest absolute Gasteiger partial charge is 0.493 e. The van der Waals surface area contributed by atoms with E-state index in [-0.39, 0.29) is 5.54 Å². The van der Waals surface area contributed by atoms with E-state index in [1.54, 1.807) is 0 Å². The van der Waals surface area contributed by atoms with Gasteiger partial charge in [-0.05, 0) is 18.9 Å². The third-order valence-electron chi connectivity index (χ3n) is 3.56. The maximum atomic E-state index is 6.53. The fourth-order valence-electron chi connectivity index (χ4n) is 2.34. The van der Waals surface area contributed by atoms with Crippen LogP contribution in [0.5, 0.6) is 5.75 Å². The second-order valence-electron chi connectivity index (χ2n) is 4.97. The fraction of sp³-hybridized carbons (Fsp3) is 0.600. The highest BCUT2D eigenvalue weighted by Gasteiger charge is 2.33. The molecule has 1 heterocycles. The van der Waals surface area contributed by atoms with Crippen LogP contribution in [0.3, 0.4) is 0 Å². The number of hydrogen-bond donors (Lipinski definition) is 1. The molecular weight excluding hydrogens is 226 g/mol. The fourth-order valence-corrected chi connectivity index (χ4v) is 2.34. The summed E-state index contributed by atoms with van der Waals surface area (Å²) in [5.41, 5.74) is 7.36. The van der Waals surface area contributed by atoms with Crippen LogP contribution in [0.4, 0.5) is 0 Å². The van der Waals surface area contributed by atoms with Crippen LogP contribution in [0.15, 0.2) is 24.3 Å². The van der Waals surface area contributed by atoms with Crippen molar-refractivity contribution in [2.75, 3.05) is 19.8 Å². The van der Waals surface area contributed by atoms with Crippen LogP contribution in [0, 0.1) is 0 Å². The lowest BCUT2D eigenvalue weighted by molar-refractivity contribution is 0.0993. The SMILES string of the molecule is CCCCOCCC1(N)CCOc2ccccc21. The first-order valence-corrected chi connectivity index (χ1v) is 6.85. The number of ether oxygens (including phenoxy) is 2. The minimum atomic E-state index is -0.291. The minimum absolute atomic E-state index is 0.291. The molecular formula is C15H23NO2. The molecule has 1 unspecified atom stereocenters. The number of fused-ring (bicyclic) bond motifs is 1. The van der Waals surface area contributed by atoms with Crippen molar-refractivity contribution in [1.29, 1.82) is 0 Å². The number of rotatable bonds is 6. The van der Waals surface area contributed by atoms with Crippen molar-refractivity contribution in [1.82, 2.24) is 0 Å². The van der Waals surface area contributed by atoms with Gasteiger partial charge in [0.15, 0.2) is 0 Å². The van der Waals surface area contributed by atoms with Gasteiger partial charge in [0.25, 0.3) is 0 Å². The van der Waals surface area contributed by atoms with Gasteiger partial charge in [0.05, 0.1) is 12.1 Å². The maximum absolute atomic E-state index is 6.53. The highest BCUT2D eigenvalue weighted by atomic mass is 16.5. The van der Waals surface area contributed by atoms with Crippen molar-refractivity contribution >= 4 is 0 Å². The zero-order valence-corrected chi connectivity index (χ0v) is 11.2. The van der Waals surface area contributed by atoms with E-state index in [1.807, 2.05) is 18.2 Å². The van der Waals surface area contributed by atoms with Gasteiger partial charge < -0.3 is 15.2 Å². The van der Waals surface area contributed by atoms with E-state index >= 15 is 0 Å². The summed E-state index contributed by atoms with van der Waals surface area (Å²) in [6, 6.07) is 8.07. The molecule has 1 aliphatic rings. The Morgan fingerprint density at radius 1 is 1.33 bits per heavy atom. The first kappa shape index (κ1) is 13.4. The highest BCUT2D eigenvalue weighted by Crippen LogP contribution is 2.37. The molecule has 0 amide bonds. The quantitative estimate of drug-likeness (QED) is 0.788. The molecule has 1 aromatic carbocycles. The summed E-state index contributed by atoms with van der Waals surface area (Å²) in [5, 5.41) is 0. The van der Waals surface area contributed by atoms with Gasteiger partial charge in [-0.1, -0.05) is 31.5 Å². The number of hydrogen-bond acceptors (Lipinski definition) is 3. The Morgan fingerprint density at radius 2 is 2.17 bits per heavy atom. The molecule has 0 aromatic heterocycles. The van der Waals surface area contributed by atoms with Crippen molar-refractivity contribution in [3.63, 3.8) is 0 Å². The zero-order chi connectivity index (χ0) is 12.8. The molecule has 1 aromatic rings. The average molecular weight is 249 g/mol. The Hall–Kier alpha value is -1.06. The predicted molar refractivity (Wildman–Crippen MR) is 72.8 cm³/mol. The van der Waals surface area contributed by atoms with Crippen LogP contribution >= 0.6 is 0 Å². The van der Waals surface area contributed by atoms with E-state index in [2.05, 4.69) is 13.0 Å². The zero-order valence-electron chi connectivity index (χ0n) is 11.2. The molecule has 0 aliphatic carbocycles. The van der Waals surface area contributed by atoms with Gasteiger partial charge in [0.2, 0.25) is 0 Å². The van der Waals surface area contributed by atoms with E-state index in [0.29, 0.717) is 6.61 Å². The summed E-state index contributed by atoms with van der Waals surface area (Å²) < 4.78 is 11.3. The van der Waals surface area contributed by atoms with Crippen LogP contribution < -0.4 is 10.5 Å². The van der Waals surface area contributed by atoms with Crippen LogP contribution in [-0.2, 0) is 10.3 Å². The molecule has 2 rings (SSSR count). The van der Waals surface area contributed by atoms with E-state index in [4.69, 9.17) is 15.2 Å². The van der Waals surface area contributed by atoms with Gasteiger partial charge in [-0.3, -0.25) is 0 Å². The standard InChI is InChI=1S/C15H23NO2/c1-2-3-10-17-11-8-15(16)9-12-18-14-7-5-4-6-13(14)15/h4-7H,2-3,8-12,16H2,1H3. The molecule has 0 radical (unpaired) electrons. The van der Waals surface area contributed by atoms with Crippen LogP contribution in [0.25, 0.3) is 0 Å². The monoisotopic (exact) mass is 249 g/mol. The smallest absolute Gasteiger partial charge is 0.124 e. The molecule has 1 atom stereocenters. The molecule has 3 nitrogen and oxygen atoms in total. The van der Waals surface area contributed by atoms with Gasteiger partial charge >= 0.3 is 0 Å². The third-order valence-corrected chi connectivity index (χ3v) is 3.56. The molecule has 1 aliphatic heterocycles. The van der Waals surface area contributed by atoms with E-state index in [9.17, 15) is 0 Å². The molecule has 100 valence electrons. The second kappa shape index (κ2) is 6.21. The molecule has 0 fully saturated rings. The van der Waals surface area contributed by atoms with E-state index < -0.39 is 0 Å². The second-order valence-corrected chi connectivity index (χ2v) is 4.97. The van der Waals surface area contributed by atoms with Gasteiger partial charge in [0, 0.05) is 25.2 Å². The Bertz CT molecular complexity index is 381. The molecule has 0 saturated heterocycles. The first-order chi connectivity index (χ1) is 8.76. The summed E-state index contributed by atoms with van der Waals surface area (Å²) in [6.45, 7) is 4.43. The summed E-state index contributed by atoms with van der Waals surface area (Å²) >= 11 is 0. The first-order valence-electron chi connectivity index (χ1n) is 6.85. The number of unbranched alkanes of at least 4 members (excludes halogenated alkanes) is 1. The van der Waals surface area contributed by atoms with E-state index in [1.165, 1.54) is 6.42 Å². The molecule has 0 saturated carbocycles. The molecule has 18 heavy (non-hydrogen) atoms. The maximum Gasteiger partial charge on any atom is 0.124 e. The van der Waals surface area contributed by atoms with Gasteiger partial charge in [-0.2, -0.15) is 0 Å². The molecule has 2 N–H and O–H groups in total. The van der Waals surface area contributed by atoms with Crippen molar-refractivity contribution in [2.24, 2.45) is 5.73 Å². The highest BCUT2D eigenvalue weighted by molar-refractivity contribution is 5.40. The summed E-state index contributed by atoms with van der Waals surface area (Å²) in [5.74, 6) is 0.930. The minimum Gasteiger partial charge on any atom is -0.493 e. The lowest BCUT2D eigenvalue weighted by Gasteiger charge is -2.35. The van der Waals surface area contributed by atoms with Gasteiger partial charge in [0.1, 0.15) is 5.75 Å². The van der Waals surface area contributed by atoms with Crippen molar-refractivity contribution in [2.45, 2.75) is 38.1 Å². The Balaban J connectivity index is 1.95. The normalized spacial score (nSPS) is 22.3. The van der Waals surface area contributed by atoms with Gasteiger partial charge in [-0.25, -0.2) is 0 Å². The Labute approximate surface area is 109 Å². The number of benzene rings is 1. The van der Waals surface area contributed by atoms with Crippen molar-refractivity contribution in [3.05, 3.63) is 29.8 Å².